The summed E-state index contributed by atoms with van der Waals surface area (Å²) < 4.78 is 61.1. The van der Waals surface area contributed by atoms with Crippen LogP contribution in [-0.4, -0.2) is 321 Å². The van der Waals surface area contributed by atoms with Crippen LogP contribution in [0.15, 0.2) is 0 Å². The zero-order chi connectivity index (χ0) is 48.5. The molecule has 0 aromatic heterocycles. The molecule has 28 unspecified atom stereocenters. The molecule has 0 aliphatic carbocycles. The maximum atomic E-state index is 11.6. The molecule has 6 saturated heterocycles. The van der Waals surface area contributed by atoms with Crippen molar-refractivity contribution in [2.24, 2.45) is 0 Å². The van der Waals surface area contributed by atoms with Crippen LogP contribution in [0.3, 0.4) is 0 Å². The Morgan fingerprint density at radius 1 is 0.303 bits per heavy atom. The fourth-order valence-electron chi connectivity index (χ4n) is 8.25. The van der Waals surface area contributed by atoms with Crippen LogP contribution < -0.4 is 0 Å². The largest absolute Gasteiger partial charge is 0.394 e. The number of ether oxygens (including phenoxy) is 11. The molecule has 6 aliphatic rings. The molecule has 6 heterocycles. The molecule has 29 atom stereocenters. The molecule has 0 bridgehead atoms. The maximum Gasteiger partial charge on any atom is 0.187 e. The molecule has 386 valence electrons. The van der Waals surface area contributed by atoms with Gasteiger partial charge in [0.1, 0.15) is 146 Å². The van der Waals surface area contributed by atoms with Gasteiger partial charge in [0, 0.05) is 0 Å². The number of aliphatic hydroxyl groups excluding tert-OH is 19. The minimum Gasteiger partial charge on any atom is -0.394 e. The van der Waals surface area contributed by atoms with E-state index in [1.54, 1.807) is 0 Å². The van der Waals surface area contributed by atoms with Crippen LogP contribution in [0.5, 0.6) is 0 Å². The average molecular weight is 975 g/mol. The minimum absolute atomic E-state index is 0.550. The monoisotopic (exact) mass is 974 g/mol. The molecule has 0 spiro atoms. The fraction of sp³-hybridized carbons (Fsp3) is 1.00. The topological polar surface area (TPSA) is 486 Å². The Labute approximate surface area is 373 Å². The first-order valence-corrected chi connectivity index (χ1v) is 21.0. The lowest BCUT2D eigenvalue weighted by atomic mass is 9.95. The van der Waals surface area contributed by atoms with E-state index in [0.717, 1.165) is 0 Å². The van der Waals surface area contributed by atoms with Gasteiger partial charge in [-0.05, 0) is 0 Å². The van der Waals surface area contributed by atoms with Gasteiger partial charge in [-0.2, -0.15) is 0 Å². The van der Waals surface area contributed by atoms with Gasteiger partial charge in [-0.1, -0.05) is 0 Å². The zero-order valence-corrected chi connectivity index (χ0v) is 34.7. The smallest absolute Gasteiger partial charge is 0.187 e. The summed E-state index contributed by atoms with van der Waals surface area (Å²) in [4.78, 5) is 0. The summed E-state index contributed by atoms with van der Waals surface area (Å²) in [5.74, 6) is 0. The van der Waals surface area contributed by atoms with Crippen molar-refractivity contribution < 1.29 is 149 Å². The Balaban J connectivity index is 1.19. The third-order valence-corrected chi connectivity index (χ3v) is 12.3. The molecule has 30 heteroatoms. The summed E-state index contributed by atoms with van der Waals surface area (Å²) in [6, 6.07) is 0. The lowest BCUT2D eigenvalue weighted by Gasteiger charge is -2.49. The van der Waals surface area contributed by atoms with Gasteiger partial charge in [-0.25, -0.2) is 0 Å². The highest BCUT2D eigenvalue weighted by atomic mass is 16.8. The molecule has 6 aliphatic heterocycles. The Bertz CT molecular complexity index is 1470. The SMILES string of the molecule is OCC1OC(OCC2OCC(O)C(OC3OC(CO)C(O)C(OC4OC(COC5OC(CO)C(O)C(O)C5O)[C@@H](O)C(OC5OC(CO)C(O)C(O)C5O)C4O)C3O)C2O)C(O)C(O)C1O. The van der Waals surface area contributed by atoms with Crippen LogP contribution in [0.25, 0.3) is 0 Å². The Morgan fingerprint density at radius 3 is 1.03 bits per heavy atom. The van der Waals surface area contributed by atoms with E-state index in [4.69, 9.17) is 52.1 Å². The van der Waals surface area contributed by atoms with Crippen molar-refractivity contribution in [2.45, 2.75) is 178 Å². The van der Waals surface area contributed by atoms with E-state index in [1.165, 1.54) is 0 Å². The van der Waals surface area contributed by atoms with E-state index < -0.39 is 224 Å². The number of rotatable bonds is 16. The van der Waals surface area contributed by atoms with Gasteiger partial charge in [0.25, 0.3) is 0 Å². The van der Waals surface area contributed by atoms with E-state index in [0.29, 0.717) is 0 Å². The predicted molar refractivity (Wildman–Crippen MR) is 198 cm³/mol. The molecule has 0 aromatic rings. The Kier molecular flexibility index (Phi) is 19.2. The summed E-state index contributed by atoms with van der Waals surface area (Å²) >= 11 is 0. The standard InChI is InChI=1S/C36H62O30/c37-1-9-15(42)21(48)24(51)32(59-9)57-6-13-19(46)29(8(41)5-56-13)64-35-27(54)30(18(45)12(4-40)62-35)66-36-28(55)31(65-34-26(53)23(50)17(44)11(3-39)61-34)20(47)14(63-36)7-58-33-25(52)22(49)16(43)10(2-38)60-33/h8-55H,1-7H2/t8?,9?,10?,11?,12?,13?,14?,15?,16?,17?,18?,19?,20-,21?,22?,23?,24?,25?,26?,27?,28?,29?,30?,31?,32?,33?,34?,35?,36?/m1/s1. The van der Waals surface area contributed by atoms with E-state index in [9.17, 15) is 97.0 Å². The van der Waals surface area contributed by atoms with Gasteiger partial charge >= 0.3 is 0 Å². The second kappa shape index (κ2) is 23.4. The van der Waals surface area contributed by atoms with Gasteiger partial charge in [-0.3, -0.25) is 0 Å². The zero-order valence-electron chi connectivity index (χ0n) is 34.7. The lowest BCUT2D eigenvalue weighted by Crippen LogP contribution is -2.67. The van der Waals surface area contributed by atoms with Gasteiger partial charge in [0.2, 0.25) is 0 Å². The number of hydrogen-bond donors (Lipinski definition) is 19. The van der Waals surface area contributed by atoms with E-state index in [2.05, 4.69) is 0 Å². The van der Waals surface area contributed by atoms with E-state index in [-0.39, 0.29) is 0 Å². The quantitative estimate of drug-likeness (QED) is 0.0683. The van der Waals surface area contributed by atoms with Crippen molar-refractivity contribution in [1.82, 2.24) is 0 Å². The third kappa shape index (κ3) is 11.3. The first-order chi connectivity index (χ1) is 31.3. The second-order valence-electron chi connectivity index (χ2n) is 16.7. The molecule has 0 radical (unpaired) electrons. The molecule has 30 nitrogen and oxygen atoms in total. The number of aliphatic hydroxyl groups is 19. The van der Waals surface area contributed by atoms with E-state index >= 15 is 0 Å². The van der Waals surface area contributed by atoms with Gasteiger partial charge in [0.05, 0.1) is 46.2 Å². The Hall–Kier alpha value is -1.20. The highest BCUT2D eigenvalue weighted by molar-refractivity contribution is 4.99. The summed E-state index contributed by atoms with van der Waals surface area (Å²) in [6.07, 6.45) is -53.3. The maximum absolute atomic E-state index is 11.6. The van der Waals surface area contributed by atoms with Crippen LogP contribution in [0, 0.1) is 0 Å². The summed E-state index contributed by atoms with van der Waals surface area (Å²) in [6.45, 7) is -5.54. The highest BCUT2D eigenvalue weighted by Gasteiger charge is 2.56. The predicted octanol–water partition coefficient (Wildman–Crippen LogP) is -13.4. The van der Waals surface area contributed by atoms with Crippen LogP contribution >= 0.6 is 0 Å². The van der Waals surface area contributed by atoms with Gasteiger partial charge in [-0.15, -0.1) is 0 Å². The summed E-state index contributed by atoms with van der Waals surface area (Å²) in [7, 11) is 0. The second-order valence-corrected chi connectivity index (χ2v) is 16.7. The van der Waals surface area contributed by atoms with Crippen molar-refractivity contribution in [2.75, 3.05) is 46.2 Å². The van der Waals surface area contributed by atoms with Crippen molar-refractivity contribution in [3.63, 3.8) is 0 Å². The lowest BCUT2D eigenvalue weighted by molar-refractivity contribution is -0.389. The molecule has 0 aromatic carbocycles. The molecular formula is C36H62O30. The van der Waals surface area contributed by atoms with E-state index in [1.807, 2.05) is 0 Å². The van der Waals surface area contributed by atoms with Crippen molar-refractivity contribution in [1.29, 1.82) is 0 Å². The van der Waals surface area contributed by atoms with Crippen molar-refractivity contribution in [3.05, 3.63) is 0 Å². The summed E-state index contributed by atoms with van der Waals surface area (Å²) in [5, 5.41) is 199. The third-order valence-electron chi connectivity index (χ3n) is 12.3. The molecule has 6 fully saturated rings. The van der Waals surface area contributed by atoms with Crippen LogP contribution in [0.2, 0.25) is 0 Å². The molecule has 0 amide bonds. The highest BCUT2D eigenvalue weighted by Crippen LogP contribution is 2.35. The van der Waals surface area contributed by atoms with Crippen molar-refractivity contribution in [3.8, 4) is 0 Å². The van der Waals surface area contributed by atoms with Gasteiger partial charge < -0.3 is 149 Å². The molecule has 66 heavy (non-hydrogen) atoms. The Morgan fingerprint density at radius 2 is 0.606 bits per heavy atom. The molecular weight excluding hydrogens is 912 g/mol. The average Bonchev–Trinajstić information content (AvgIpc) is 3.30. The first kappa shape index (κ1) is 54.1. The number of hydrogen-bond acceptors (Lipinski definition) is 30. The molecule has 19 N–H and O–H groups in total. The van der Waals surface area contributed by atoms with Gasteiger partial charge in [0.15, 0.2) is 31.5 Å². The molecule has 0 saturated carbocycles. The molecule has 6 rings (SSSR count). The van der Waals surface area contributed by atoms with Crippen LogP contribution in [0.4, 0.5) is 0 Å². The van der Waals surface area contributed by atoms with Crippen LogP contribution in [-0.2, 0) is 52.1 Å². The van der Waals surface area contributed by atoms with Crippen molar-refractivity contribution >= 4 is 0 Å². The minimum atomic E-state index is -2.23. The fourth-order valence-corrected chi connectivity index (χ4v) is 8.25. The summed E-state index contributed by atoms with van der Waals surface area (Å²) in [5.41, 5.74) is 0. The van der Waals surface area contributed by atoms with Crippen LogP contribution in [0.1, 0.15) is 0 Å². The normalized spacial score (nSPS) is 52.9. The first-order valence-electron chi connectivity index (χ1n) is 21.0.